The molecule has 0 aromatic carbocycles. The molecule has 0 fully saturated rings. The van der Waals surface area contributed by atoms with E-state index < -0.39 is 5.97 Å². The number of carboxylic acids is 1. The number of unbranched alkanes of at least 4 members (excludes halogenated alkanes) is 11. The Bertz CT molecular complexity index is 247. The van der Waals surface area contributed by atoms with E-state index in [1.54, 1.807) is 0 Å². The van der Waals surface area contributed by atoms with Crippen molar-refractivity contribution >= 4 is 35.5 Å². The minimum absolute atomic E-state index is 0. The van der Waals surface area contributed by atoms with Crippen LogP contribution in [0.5, 0.6) is 0 Å². The van der Waals surface area contributed by atoms with E-state index in [1.165, 1.54) is 64.2 Å². The zero-order chi connectivity index (χ0) is 16.5. The van der Waals surface area contributed by atoms with Crippen LogP contribution in [0.15, 0.2) is 0 Å². The fourth-order valence-corrected chi connectivity index (χ4v) is 2.84. The fraction of sp³-hybridized carbons (Fsp3) is 0.947. The second-order valence-corrected chi connectivity index (χ2v) is 6.62. The SMILES string of the molecule is CCCCCC[C@H](O)CCCCCCCCCCCC(=O)O.[NaH]. The van der Waals surface area contributed by atoms with Crippen LogP contribution in [-0.4, -0.2) is 51.8 Å². The quantitative estimate of drug-likeness (QED) is 0.288. The maximum absolute atomic E-state index is 10.4. The first-order valence-corrected chi connectivity index (χ1v) is 9.56. The van der Waals surface area contributed by atoms with Gasteiger partial charge in [-0.25, -0.2) is 0 Å². The van der Waals surface area contributed by atoms with Crippen LogP contribution < -0.4 is 0 Å². The van der Waals surface area contributed by atoms with E-state index in [-0.39, 0.29) is 35.7 Å². The van der Waals surface area contributed by atoms with Crippen LogP contribution in [0.2, 0.25) is 0 Å². The van der Waals surface area contributed by atoms with E-state index in [0.29, 0.717) is 6.42 Å². The molecule has 23 heavy (non-hydrogen) atoms. The van der Waals surface area contributed by atoms with Gasteiger partial charge in [-0.1, -0.05) is 84.0 Å². The Hall–Kier alpha value is 0.430. The standard InChI is InChI=1S/C19H38O3.Na.H/c1-2-3-4-12-15-18(20)16-13-10-8-6-5-7-9-11-14-17-19(21)22;;/h18,20H,2-17H2,1H3,(H,21,22);;/t18-;;/m0../s1. The predicted octanol–water partition coefficient (Wildman–Crippen LogP) is 5.04. The average Bonchev–Trinajstić information content (AvgIpc) is 2.49. The van der Waals surface area contributed by atoms with Crippen molar-refractivity contribution in [1.29, 1.82) is 0 Å². The third kappa shape index (κ3) is 22.4. The summed E-state index contributed by atoms with van der Waals surface area (Å²) in [6.07, 6.45) is 17.7. The molecule has 0 aromatic heterocycles. The summed E-state index contributed by atoms with van der Waals surface area (Å²) < 4.78 is 0. The summed E-state index contributed by atoms with van der Waals surface area (Å²) >= 11 is 0. The molecule has 0 radical (unpaired) electrons. The summed E-state index contributed by atoms with van der Waals surface area (Å²) in [6, 6.07) is 0. The van der Waals surface area contributed by atoms with Gasteiger partial charge in [0.05, 0.1) is 6.10 Å². The molecule has 1 atom stereocenters. The first-order valence-electron chi connectivity index (χ1n) is 9.56. The van der Waals surface area contributed by atoms with Crippen LogP contribution >= 0.6 is 0 Å². The number of aliphatic carboxylic acids is 1. The number of rotatable bonds is 17. The van der Waals surface area contributed by atoms with Crippen molar-refractivity contribution < 1.29 is 15.0 Å². The number of aliphatic hydroxyl groups excluding tert-OH is 1. The number of hydrogen-bond donors (Lipinski definition) is 2. The third-order valence-corrected chi connectivity index (χ3v) is 4.32. The third-order valence-electron chi connectivity index (χ3n) is 4.32. The van der Waals surface area contributed by atoms with Crippen molar-refractivity contribution in [2.75, 3.05) is 0 Å². The van der Waals surface area contributed by atoms with E-state index in [1.807, 2.05) is 0 Å². The van der Waals surface area contributed by atoms with E-state index >= 15 is 0 Å². The molecule has 0 aliphatic carbocycles. The van der Waals surface area contributed by atoms with E-state index in [9.17, 15) is 9.90 Å². The molecular formula is C19H39NaO3. The Kier molecular flexibility index (Phi) is 22.8. The average molecular weight is 339 g/mol. The number of carbonyl (C=O) groups is 1. The molecule has 0 saturated heterocycles. The van der Waals surface area contributed by atoms with Crippen LogP contribution in [0.4, 0.5) is 0 Å². The molecule has 2 N–H and O–H groups in total. The normalized spacial score (nSPS) is 11.9. The fourth-order valence-electron chi connectivity index (χ4n) is 2.84. The Morgan fingerprint density at radius 1 is 0.739 bits per heavy atom. The summed E-state index contributed by atoms with van der Waals surface area (Å²) in [5, 5.41) is 18.4. The second-order valence-electron chi connectivity index (χ2n) is 6.62. The van der Waals surface area contributed by atoms with Gasteiger partial charge >= 0.3 is 35.5 Å². The van der Waals surface area contributed by atoms with Gasteiger partial charge in [-0.3, -0.25) is 4.79 Å². The Morgan fingerprint density at radius 2 is 1.13 bits per heavy atom. The van der Waals surface area contributed by atoms with Gasteiger partial charge in [-0.15, -0.1) is 0 Å². The molecule has 0 aromatic rings. The topological polar surface area (TPSA) is 57.5 Å². The molecule has 0 bridgehead atoms. The Labute approximate surface area is 165 Å². The zero-order valence-electron chi connectivity index (χ0n) is 14.7. The maximum atomic E-state index is 10.4. The monoisotopic (exact) mass is 338 g/mol. The molecule has 0 amide bonds. The van der Waals surface area contributed by atoms with Crippen molar-refractivity contribution in [3.63, 3.8) is 0 Å². The van der Waals surface area contributed by atoms with E-state index in [0.717, 1.165) is 32.1 Å². The summed E-state index contributed by atoms with van der Waals surface area (Å²) in [6.45, 7) is 2.21. The van der Waals surface area contributed by atoms with Crippen molar-refractivity contribution in [2.45, 2.75) is 116 Å². The molecule has 0 spiro atoms. The van der Waals surface area contributed by atoms with Gasteiger partial charge in [0.15, 0.2) is 0 Å². The molecule has 0 saturated carbocycles. The molecule has 4 heteroatoms. The first kappa shape index (κ1) is 25.7. The Morgan fingerprint density at radius 3 is 1.57 bits per heavy atom. The van der Waals surface area contributed by atoms with E-state index in [2.05, 4.69) is 6.92 Å². The zero-order valence-corrected chi connectivity index (χ0v) is 14.7. The molecule has 0 unspecified atom stereocenters. The summed E-state index contributed by atoms with van der Waals surface area (Å²) in [4.78, 5) is 10.4. The molecule has 134 valence electrons. The summed E-state index contributed by atoms with van der Waals surface area (Å²) in [5.41, 5.74) is 0. The van der Waals surface area contributed by atoms with Crippen molar-refractivity contribution in [3.05, 3.63) is 0 Å². The van der Waals surface area contributed by atoms with Crippen LogP contribution in [0.25, 0.3) is 0 Å². The van der Waals surface area contributed by atoms with Gasteiger partial charge in [-0.05, 0) is 19.3 Å². The van der Waals surface area contributed by atoms with Gasteiger partial charge in [0.2, 0.25) is 0 Å². The van der Waals surface area contributed by atoms with Gasteiger partial charge in [0.1, 0.15) is 0 Å². The molecule has 0 rings (SSSR count). The van der Waals surface area contributed by atoms with Crippen LogP contribution in [0.1, 0.15) is 110 Å². The Balaban J connectivity index is 0. The van der Waals surface area contributed by atoms with Crippen molar-refractivity contribution in [2.24, 2.45) is 0 Å². The van der Waals surface area contributed by atoms with Gasteiger partial charge < -0.3 is 10.2 Å². The molecule has 3 nitrogen and oxygen atoms in total. The van der Waals surface area contributed by atoms with E-state index in [4.69, 9.17) is 5.11 Å². The second kappa shape index (κ2) is 20.5. The van der Waals surface area contributed by atoms with Gasteiger partial charge in [-0.2, -0.15) is 0 Å². The van der Waals surface area contributed by atoms with Gasteiger partial charge in [0.25, 0.3) is 0 Å². The first-order chi connectivity index (χ1) is 10.7. The van der Waals surface area contributed by atoms with Crippen molar-refractivity contribution in [1.82, 2.24) is 0 Å². The summed E-state index contributed by atoms with van der Waals surface area (Å²) in [7, 11) is 0. The molecule has 0 aliphatic rings. The summed E-state index contributed by atoms with van der Waals surface area (Å²) in [5.74, 6) is -0.674. The minimum atomic E-state index is -0.674. The number of aliphatic hydroxyl groups is 1. The van der Waals surface area contributed by atoms with Gasteiger partial charge in [0, 0.05) is 6.42 Å². The molecule has 0 heterocycles. The molecule has 0 aliphatic heterocycles. The van der Waals surface area contributed by atoms with Crippen molar-refractivity contribution in [3.8, 4) is 0 Å². The van der Waals surface area contributed by atoms with Crippen LogP contribution in [0.3, 0.4) is 0 Å². The number of hydrogen-bond acceptors (Lipinski definition) is 2. The predicted molar refractivity (Wildman–Crippen MR) is 100 cm³/mol. The molecular weight excluding hydrogens is 299 g/mol. The van der Waals surface area contributed by atoms with Crippen LogP contribution in [0, 0.1) is 0 Å². The van der Waals surface area contributed by atoms with Crippen LogP contribution in [-0.2, 0) is 4.79 Å². The number of carboxylic acid groups (broad SMARTS) is 1.